The fraction of sp³-hybridized carbons (Fsp3) is 0.455. The molecule has 3 heteroatoms. The molecule has 0 fully saturated rings. The van der Waals surface area contributed by atoms with Crippen molar-refractivity contribution in [2.24, 2.45) is 0 Å². The maximum Gasteiger partial charge on any atom is 0.136 e. The van der Waals surface area contributed by atoms with Gasteiger partial charge >= 0.3 is 0 Å². The average Bonchev–Trinajstić information content (AvgIpc) is 2.25. The Morgan fingerprint density at radius 3 is 2.14 bits per heavy atom. The van der Waals surface area contributed by atoms with E-state index in [-0.39, 0.29) is 0 Å². The molecule has 14 heavy (non-hydrogen) atoms. The average molecular weight is 212 g/mol. The summed E-state index contributed by atoms with van der Waals surface area (Å²) in [5, 5.41) is 0. The van der Waals surface area contributed by atoms with Crippen molar-refractivity contribution < 1.29 is 9.47 Å². The van der Waals surface area contributed by atoms with Gasteiger partial charge in [-0.1, -0.05) is 13.0 Å². The largest absolute Gasteiger partial charge is 0.495 e. The summed E-state index contributed by atoms with van der Waals surface area (Å²) in [6.07, 6.45) is 1.14. The number of thioether (sulfide) groups is 1. The highest BCUT2D eigenvalue weighted by Crippen LogP contribution is 2.37. The molecule has 0 unspecified atom stereocenters. The van der Waals surface area contributed by atoms with E-state index in [0.717, 1.165) is 28.6 Å². The van der Waals surface area contributed by atoms with Crippen LogP contribution in [0, 0.1) is 0 Å². The van der Waals surface area contributed by atoms with Crippen LogP contribution in [0.3, 0.4) is 0 Å². The Balaban J connectivity index is 2.93. The first-order valence-corrected chi connectivity index (χ1v) is 5.65. The number of hydrogen-bond donors (Lipinski definition) is 0. The zero-order valence-electron chi connectivity index (χ0n) is 8.87. The van der Waals surface area contributed by atoms with Crippen LogP contribution in [0.15, 0.2) is 23.1 Å². The molecule has 0 spiro atoms. The second-order valence-electron chi connectivity index (χ2n) is 2.84. The lowest BCUT2D eigenvalue weighted by Gasteiger charge is -2.11. The first-order valence-electron chi connectivity index (χ1n) is 4.67. The normalized spacial score (nSPS) is 9.93. The molecule has 2 nitrogen and oxygen atoms in total. The highest BCUT2D eigenvalue weighted by atomic mass is 32.2. The van der Waals surface area contributed by atoms with E-state index < -0.39 is 0 Å². The lowest BCUT2D eigenvalue weighted by Crippen LogP contribution is -1.91. The van der Waals surface area contributed by atoms with Crippen LogP contribution >= 0.6 is 11.8 Å². The van der Waals surface area contributed by atoms with Crippen LogP contribution in [-0.4, -0.2) is 20.0 Å². The van der Waals surface area contributed by atoms with Gasteiger partial charge in [0.1, 0.15) is 11.5 Å². The Labute approximate surface area is 89.6 Å². The number of benzene rings is 1. The summed E-state index contributed by atoms with van der Waals surface area (Å²) in [5.41, 5.74) is 0. The van der Waals surface area contributed by atoms with E-state index in [1.165, 1.54) is 0 Å². The molecule has 1 aromatic rings. The fourth-order valence-electron chi connectivity index (χ4n) is 1.16. The first-order chi connectivity index (χ1) is 6.83. The van der Waals surface area contributed by atoms with Gasteiger partial charge in [-0.15, -0.1) is 11.8 Å². The Bertz CT molecular complexity index is 264. The van der Waals surface area contributed by atoms with E-state index in [4.69, 9.17) is 9.47 Å². The molecule has 0 aliphatic heterocycles. The highest BCUT2D eigenvalue weighted by molar-refractivity contribution is 7.99. The van der Waals surface area contributed by atoms with Gasteiger partial charge in [-0.05, 0) is 24.3 Å². The van der Waals surface area contributed by atoms with Crippen molar-refractivity contribution in [1.29, 1.82) is 0 Å². The molecule has 0 heterocycles. The van der Waals surface area contributed by atoms with E-state index in [2.05, 4.69) is 6.92 Å². The Morgan fingerprint density at radius 1 is 1.14 bits per heavy atom. The SMILES string of the molecule is CCCSc1c(OC)cccc1OC. The Kier molecular flexibility index (Phi) is 4.66. The van der Waals surface area contributed by atoms with Crippen LogP contribution in [0.25, 0.3) is 0 Å². The van der Waals surface area contributed by atoms with Gasteiger partial charge < -0.3 is 9.47 Å². The highest BCUT2D eigenvalue weighted by Gasteiger charge is 2.08. The summed E-state index contributed by atoms with van der Waals surface area (Å²) in [7, 11) is 3.37. The minimum absolute atomic E-state index is 0.891. The second-order valence-corrected chi connectivity index (χ2v) is 3.95. The van der Waals surface area contributed by atoms with Crippen LogP contribution in [0.5, 0.6) is 11.5 Å². The zero-order chi connectivity index (χ0) is 10.4. The number of ether oxygens (including phenoxy) is 2. The van der Waals surface area contributed by atoms with E-state index in [1.807, 2.05) is 18.2 Å². The lowest BCUT2D eigenvalue weighted by molar-refractivity contribution is 0.376. The molecule has 0 aromatic heterocycles. The number of hydrogen-bond acceptors (Lipinski definition) is 3. The molecule has 0 saturated carbocycles. The molecule has 0 radical (unpaired) electrons. The van der Waals surface area contributed by atoms with Gasteiger partial charge in [-0.3, -0.25) is 0 Å². The predicted molar refractivity (Wildman–Crippen MR) is 60.6 cm³/mol. The zero-order valence-corrected chi connectivity index (χ0v) is 9.69. The van der Waals surface area contributed by atoms with Crippen molar-refractivity contribution in [3.8, 4) is 11.5 Å². The molecule has 0 aliphatic rings. The van der Waals surface area contributed by atoms with Crippen LogP contribution < -0.4 is 9.47 Å². The number of rotatable bonds is 5. The van der Waals surface area contributed by atoms with Crippen molar-refractivity contribution in [1.82, 2.24) is 0 Å². The van der Waals surface area contributed by atoms with Crippen molar-refractivity contribution >= 4 is 11.8 Å². The molecular weight excluding hydrogens is 196 g/mol. The molecule has 78 valence electrons. The third-order valence-corrected chi connectivity index (χ3v) is 3.14. The van der Waals surface area contributed by atoms with Crippen molar-refractivity contribution in [3.05, 3.63) is 18.2 Å². The van der Waals surface area contributed by atoms with Crippen LogP contribution in [0.2, 0.25) is 0 Å². The van der Waals surface area contributed by atoms with Crippen LogP contribution in [0.1, 0.15) is 13.3 Å². The molecule has 0 saturated heterocycles. The summed E-state index contributed by atoms with van der Waals surface area (Å²) < 4.78 is 10.6. The molecule has 0 atom stereocenters. The van der Waals surface area contributed by atoms with Gasteiger partial charge in [0.2, 0.25) is 0 Å². The standard InChI is InChI=1S/C11H16O2S/c1-4-8-14-11-9(12-2)6-5-7-10(11)13-3/h5-7H,4,8H2,1-3H3. The third-order valence-electron chi connectivity index (χ3n) is 1.83. The van der Waals surface area contributed by atoms with Gasteiger partial charge in [0.05, 0.1) is 19.1 Å². The molecule has 1 aromatic carbocycles. The summed E-state index contributed by atoms with van der Waals surface area (Å²) >= 11 is 1.77. The summed E-state index contributed by atoms with van der Waals surface area (Å²) in [6, 6.07) is 5.86. The molecule has 0 bridgehead atoms. The molecule has 1 rings (SSSR count). The fourth-order valence-corrected chi connectivity index (χ4v) is 2.16. The van der Waals surface area contributed by atoms with E-state index in [0.29, 0.717) is 0 Å². The van der Waals surface area contributed by atoms with Gasteiger partial charge in [0.25, 0.3) is 0 Å². The second kappa shape index (κ2) is 5.81. The smallest absolute Gasteiger partial charge is 0.136 e. The van der Waals surface area contributed by atoms with Crippen LogP contribution in [-0.2, 0) is 0 Å². The monoisotopic (exact) mass is 212 g/mol. The summed E-state index contributed by atoms with van der Waals surface area (Å²) in [6.45, 7) is 2.16. The minimum atomic E-state index is 0.891. The topological polar surface area (TPSA) is 18.5 Å². The third kappa shape index (κ3) is 2.58. The van der Waals surface area contributed by atoms with Gasteiger partial charge in [0, 0.05) is 0 Å². The van der Waals surface area contributed by atoms with Gasteiger partial charge in [-0.25, -0.2) is 0 Å². The maximum atomic E-state index is 5.28. The van der Waals surface area contributed by atoms with E-state index in [1.54, 1.807) is 26.0 Å². The van der Waals surface area contributed by atoms with E-state index >= 15 is 0 Å². The molecular formula is C11H16O2S. The molecule has 0 amide bonds. The van der Waals surface area contributed by atoms with Crippen molar-refractivity contribution in [3.63, 3.8) is 0 Å². The quantitative estimate of drug-likeness (QED) is 0.698. The lowest BCUT2D eigenvalue weighted by atomic mass is 10.3. The van der Waals surface area contributed by atoms with Crippen molar-refractivity contribution in [2.45, 2.75) is 18.2 Å². The summed E-state index contributed by atoms with van der Waals surface area (Å²) in [5.74, 6) is 2.86. The predicted octanol–water partition coefficient (Wildman–Crippen LogP) is 3.21. The van der Waals surface area contributed by atoms with Crippen LogP contribution in [0.4, 0.5) is 0 Å². The maximum absolute atomic E-state index is 5.28. The minimum Gasteiger partial charge on any atom is -0.495 e. The Morgan fingerprint density at radius 2 is 1.71 bits per heavy atom. The summed E-state index contributed by atoms with van der Waals surface area (Å²) in [4.78, 5) is 1.10. The first kappa shape index (κ1) is 11.2. The van der Waals surface area contributed by atoms with E-state index in [9.17, 15) is 0 Å². The molecule has 0 aliphatic carbocycles. The Hall–Kier alpha value is -0.830. The van der Waals surface area contributed by atoms with Crippen molar-refractivity contribution in [2.75, 3.05) is 20.0 Å². The van der Waals surface area contributed by atoms with Gasteiger partial charge in [-0.2, -0.15) is 0 Å². The molecule has 0 N–H and O–H groups in total. The number of methoxy groups -OCH3 is 2. The van der Waals surface area contributed by atoms with Gasteiger partial charge in [0.15, 0.2) is 0 Å².